The Morgan fingerprint density at radius 3 is 2.57 bits per heavy atom. The van der Waals surface area contributed by atoms with Crippen LogP contribution in [0.3, 0.4) is 0 Å². The highest BCUT2D eigenvalue weighted by Gasteiger charge is 2.16. The third-order valence-electron chi connectivity index (χ3n) is 3.06. The number of nitrogens with zero attached hydrogens (tertiary/aromatic N) is 1. The van der Waals surface area contributed by atoms with Crippen LogP contribution in [0.15, 0.2) is 36.7 Å². The normalized spacial score (nSPS) is 12.2. The Balaban J connectivity index is 2.37. The van der Waals surface area contributed by atoms with Crippen molar-refractivity contribution in [3.63, 3.8) is 0 Å². The lowest BCUT2D eigenvalue weighted by atomic mass is 9.99. The van der Waals surface area contributed by atoms with Gasteiger partial charge in [-0.3, -0.25) is 4.98 Å². The molecule has 112 valence electrons. The minimum Gasteiger partial charge on any atom is -0.492 e. The molecule has 0 radical (unpaired) electrons. The van der Waals surface area contributed by atoms with Gasteiger partial charge in [-0.05, 0) is 42.8 Å². The average molecular weight is 292 g/mol. The van der Waals surface area contributed by atoms with Crippen molar-refractivity contribution in [2.75, 3.05) is 13.2 Å². The molecule has 0 aliphatic carbocycles. The fraction of sp³-hybridized carbons (Fsp3) is 0.312. The summed E-state index contributed by atoms with van der Waals surface area (Å²) in [6.07, 6.45) is 3.32. The highest BCUT2D eigenvalue weighted by molar-refractivity contribution is 5.34. The van der Waals surface area contributed by atoms with Gasteiger partial charge in [-0.25, -0.2) is 8.78 Å². The molecule has 1 aromatic carbocycles. The highest BCUT2D eigenvalue weighted by Crippen LogP contribution is 2.25. The lowest BCUT2D eigenvalue weighted by Crippen LogP contribution is -2.22. The smallest absolute Gasteiger partial charge is 0.159 e. The van der Waals surface area contributed by atoms with Crippen LogP contribution >= 0.6 is 0 Å². The van der Waals surface area contributed by atoms with Gasteiger partial charge < -0.3 is 10.1 Å². The first-order valence-corrected chi connectivity index (χ1v) is 6.91. The Morgan fingerprint density at radius 1 is 1.10 bits per heavy atom. The number of rotatable bonds is 6. The van der Waals surface area contributed by atoms with Crippen molar-refractivity contribution in [3.05, 3.63) is 59.4 Å². The van der Waals surface area contributed by atoms with Gasteiger partial charge in [0.05, 0.1) is 18.8 Å². The summed E-state index contributed by atoms with van der Waals surface area (Å²) in [5.74, 6) is -1.06. The lowest BCUT2D eigenvalue weighted by Gasteiger charge is -2.19. The number of aromatic nitrogens is 1. The van der Waals surface area contributed by atoms with E-state index in [9.17, 15) is 8.78 Å². The average Bonchev–Trinajstić information content (AvgIpc) is 2.48. The van der Waals surface area contributed by atoms with E-state index in [1.54, 1.807) is 18.5 Å². The predicted octanol–water partition coefficient (Wildman–Crippen LogP) is 3.46. The number of pyridine rings is 1. The summed E-state index contributed by atoms with van der Waals surface area (Å²) in [5, 5.41) is 3.25. The van der Waals surface area contributed by atoms with E-state index in [2.05, 4.69) is 10.3 Å². The van der Waals surface area contributed by atoms with Gasteiger partial charge in [0.2, 0.25) is 0 Å². The summed E-state index contributed by atoms with van der Waals surface area (Å²) in [6.45, 7) is 5.07. The first-order valence-electron chi connectivity index (χ1n) is 6.91. The van der Waals surface area contributed by atoms with Crippen LogP contribution in [-0.4, -0.2) is 18.1 Å². The van der Waals surface area contributed by atoms with Crippen molar-refractivity contribution >= 4 is 0 Å². The number of halogens is 2. The molecule has 2 rings (SSSR count). The fourth-order valence-corrected chi connectivity index (χ4v) is 2.16. The van der Waals surface area contributed by atoms with E-state index in [4.69, 9.17) is 4.74 Å². The summed E-state index contributed by atoms with van der Waals surface area (Å²) in [6, 6.07) is 5.49. The zero-order valence-electron chi connectivity index (χ0n) is 12.1. The van der Waals surface area contributed by atoms with Crippen LogP contribution in [0.1, 0.15) is 31.0 Å². The van der Waals surface area contributed by atoms with Crippen molar-refractivity contribution in [2.24, 2.45) is 0 Å². The molecule has 0 amide bonds. The van der Waals surface area contributed by atoms with Crippen molar-refractivity contribution in [3.8, 4) is 5.75 Å². The molecule has 1 heterocycles. The molecule has 0 saturated carbocycles. The van der Waals surface area contributed by atoms with Crippen LogP contribution in [0.2, 0.25) is 0 Å². The second-order valence-corrected chi connectivity index (χ2v) is 4.55. The fourth-order valence-electron chi connectivity index (χ4n) is 2.16. The molecule has 21 heavy (non-hydrogen) atoms. The molecule has 1 unspecified atom stereocenters. The Labute approximate surface area is 123 Å². The third-order valence-corrected chi connectivity index (χ3v) is 3.06. The second kappa shape index (κ2) is 7.13. The van der Waals surface area contributed by atoms with E-state index in [1.807, 2.05) is 19.9 Å². The van der Waals surface area contributed by atoms with Gasteiger partial charge in [-0.15, -0.1) is 0 Å². The van der Waals surface area contributed by atoms with Gasteiger partial charge in [0.25, 0.3) is 0 Å². The van der Waals surface area contributed by atoms with Crippen LogP contribution in [-0.2, 0) is 0 Å². The minimum absolute atomic E-state index is 0.266. The molecule has 1 atom stereocenters. The topological polar surface area (TPSA) is 34.2 Å². The first-order chi connectivity index (χ1) is 10.2. The molecule has 0 saturated heterocycles. The molecule has 1 N–H and O–H groups in total. The van der Waals surface area contributed by atoms with E-state index < -0.39 is 11.6 Å². The van der Waals surface area contributed by atoms with Crippen LogP contribution in [0.5, 0.6) is 5.75 Å². The van der Waals surface area contributed by atoms with E-state index in [1.165, 1.54) is 6.07 Å². The van der Waals surface area contributed by atoms with Gasteiger partial charge in [0, 0.05) is 6.20 Å². The Kier molecular flexibility index (Phi) is 5.22. The van der Waals surface area contributed by atoms with Crippen molar-refractivity contribution in [2.45, 2.75) is 19.9 Å². The van der Waals surface area contributed by atoms with Crippen LogP contribution < -0.4 is 10.1 Å². The number of ether oxygens (including phenoxy) is 1. The molecule has 0 spiro atoms. The van der Waals surface area contributed by atoms with Crippen LogP contribution in [0.25, 0.3) is 0 Å². The van der Waals surface area contributed by atoms with Crippen molar-refractivity contribution in [1.29, 1.82) is 0 Å². The monoisotopic (exact) mass is 292 g/mol. The van der Waals surface area contributed by atoms with Crippen LogP contribution in [0, 0.1) is 11.6 Å². The maximum atomic E-state index is 13.5. The predicted molar refractivity (Wildman–Crippen MR) is 77.3 cm³/mol. The lowest BCUT2D eigenvalue weighted by molar-refractivity contribution is 0.338. The van der Waals surface area contributed by atoms with E-state index in [-0.39, 0.29) is 6.04 Å². The molecule has 3 nitrogen and oxygen atoms in total. The summed E-state index contributed by atoms with van der Waals surface area (Å²) in [5.41, 5.74) is 1.49. The van der Waals surface area contributed by atoms with E-state index >= 15 is 0 Å². The molecular formula is C16H18F2N2O. The molecule has 0 fully saturated rings. The molecule has 5 heteroatoms. The SMILES string of the molecule is CCNC(c1cncc(OCC)c1)c1ccc(F)c(F)c1. The highest BCUT2D eigenvalue weighted by atomic mass is 19.2. The Hall–Kier alpha value is -2.01. The number of nitrogens with one attached hydrogen (secondary N) is 1. The van der Waals surface area contributed by atoms with E-state index in [0.717, 1.165) is 11.6 Å². The summed E-state index contributed by atoms with van der Waals surface area (Å²) < 4.78 is 32.0. The zero-order chi connectivity index (χ0) is 15.2. The van der Waals surface area contributed by atoms with Gasteiger partial charge in [-0.2, -0.15) is 0 Å². The minimum atomic E-state index is -0.857. The Bertz CT molecular complexity index is 605. The quantitative estimate of drug-likeness (QED) is 0.885. The maximum absolute atomic E-state index is 13.5. The van der Waals surface area contributed by atoms with E-state index in [0.29, 0.717) is 24.5 Å². The first kappa shape index (κ1) is 15.4. The molecule has 0 aliphatic rings. The number of hydrogen-bond acceptors (Lipinski definition) is 3. The number of benzene rings is 1. The van der Waals surface area contributed by atoms with Crippen molar-refractivity contribution < 1.29 is 13.5 Å². The maximum Gasteiger partial charge on any atom is 0.159 e. The molecule has 1 aromatic heterocycles. The standard InChI is InChI=1S/C16H18F2N2O/c1-3-20-16(11-5-6-14(17)15(18)8-11)12-7-13(21-4-2)10-19-9-12/h5-10,16,20H,3-4H2,1-2H3. The summed E-state index contributed by atoms with van der Waals surface area (Å²) >= 11 is 0. The molecule has 0 aliphatic heterocycles. The molecule has 2 aromatic rings. The molecule has 0 bridgehead atoms. The number of hydrogen-bond donors (Lipinski definition) is 1. The van der Waals surface area contributed by atoms with Gasteiger partial charge in [0.1, 0.15) is 5.75 Å². The largest absolute Gasteiger partial charge is 0.492 e. The summed E-state index contributed by atoms with van der Waals surface area (Å²) in [7, 11) is 0. The van der Waals surface area contributed by atoms with Gasteiger partial charge >= 0.3 is 0 Å². The Morgan fingerprint density at radius 2 is 1.90 bits per heavy atom. The summed E-state index contributed by atoms with van der Waals surface area (Å²) in [4.78, 5) is 4.14. The van der Waals surface area contributed by atoms with Gasteiger partial charge in [-0.1, -0.05) is 13.0 Å². The van der Waals surface area contributed by atoms with Crippen LogP contribution in [0.4, 0.5) is 8.78 Å². The third kappa shape index (κ3) is 3.76. The van der Waals surface area contributed by atoms with Gasteiger partial charge in [0.15, 0.2) is 11.6 Å². The molecular weight excluding hydrogens is 274 g/mol. The second-order valence-electron chi connectivity index (χ2n) is 4.55. The van der Waals surface area contributed by atoms with Crippen molar-refractivity contribution in [1.82, 2.24) is 10.3 Å². The zero-order valence-corrected chi connectivity index (χ0v) is 12.1.